The van der Waals surface area contributed by atoms with E-state index in [0.29, 0.717) is 36.7 Å². The fourth-order valence-electron chi connectivity index (χ4n) is 4.31. The molecular formula is C27H34N4O4. The molecular weight excluding hydrogens is 444 g/mol. The topological polar surface area (TPSA) is 83.5 Å². The number of methoxy groups -OCH3 is 1. The second-order valence-corrected chi connectivity index (χ2v) is 8.37. The number of amides is 2. The number of rotatable bonds is 7. The summed E-state index contributed by atoms with van der Waals surface area (Å²) in [5.41, 5.74) is 2.51. The van der Waals surface area contributed by atoms with Crippen molar-refractivity contribution in [1.29, 1.82) is 0 Å². The Balaban J connectivity index is 1.69. The highest BCUT2D eigenvalue weighted by Crippen LogP contribution is 2.29. The molecule has 8 heteroatoms. The molecule has 1 aliphatic heterocycles. The van der Waals surface area contributed by atoms with Gasteiger partial charge < -0.3 is 24.6 Å². The van der Waals surface area contributed by atoms with E-state index in [1.165, 1.54) is 7.11 Å². The van der Waals surface area contributed by atoms with Crippen LogP contribution < -0.4 is 14.8 Å². The first-order valence-electron chi connectivity index (χ1n) is 11.6. The number of aliphatic imine (C=N–C) groups is 1. The average molecular weight is 479 g/mol. The van der Waals surface area contributed by atoms with E-state index in [1.807, 2.05) is 42.2 Å². The van der Waals surface area contributed by atoms with Crippen molar-refractivity contribution in [1.82, 2.24) is 15.1 Å². The molecule has 0 spiro atoms. The van der Waals surface area contributed by atoms with Crippen LogP contribution >= 0.6 is 0 Å². The van der Waals surface area contributed by atoms with Gasteiger partial charge in [-0.2, -0.15) is 0 Å². The van der Waals surface area contributed by atoms with Crippen LogP contribution in [-0.2, 0) is 4.79 Å². The predicted octanol–water partition coefficient (Wildman–Crippen LogP) is 3.07. The Morgan fingerprint density at radius 3 is 2.57 bits per heavy atom. The van der Waals surface area contributed by atoms with Crippen molar-refractivity contribution in [2.45, 2.75) is 26.0 Å². The van der Waals surface area contributed by atoms with Crippen LogP contribution in [-0.4, -0.2) is 80.4 Å². The minimum atomic E-state index is -0.718. The lowest BCUT2D eigenvalue weighted by molar-refractivity contribution is -0.141. The monoisotopic (exact) mass is 478 g/mol. The second-order valence-electron chi connectivity index (χ2n) is 8.37. The highest BCUT2D eigenvalue weighted by atomic mass is 16.5. The highest BCUT2D eigenvalue weighted by Gasteiger charge is 2.33. The Morgan fingerprint density at radius 2 is 1.94 bits per heavy atom. The molecule has 3 rings (SSSR count). The van der Waals surface area contributed by atoms with Gasteiger partial charge in [0.05, 0.1) is 7.11 Å². The zero-order valence-electron chi connectivity index (χ0n) is 21.1. The normalized spacial score (nSPS) is 16.9. The molecule has 0 aliphatic carbocycles. The van der Waals surface area contributed by atoms with Crippen LogP contribution in [0.4, 0.5) is 0 Å². The van der Waals surface area contributed by atoms with Crippen molar-refractivity contribution >= 4 is 23.7 Å². The second kappa shape index (κ2) is 11.6. The number of carbonyl (C=O) groups is 2. The maximum atomic E-state index is 13.3. The molecule has 0 radical (unpaired) electrons. The molecule has 1 heterocycles. The number of ether oxygens (including phenoxy) is 2. The minimum absolute atomic E-state index is 0.0348. The molecule has 2 atom stereocenters. The molecule has 0 saturated carbocycles. The van der Waals surface area contributed by atoms with Gasteiger partial charge in [0.1, 0.15) is 5.84 Å². The third kappa shape index (κ3) is 5.65. The van der Waals surface area contributed by atoms with Gasteiger partial charge in [0.2, 0.25) is 0 Å². The molecule has 8 nitrogen and oxygen atoms in total. The van der Waals surface area contributed by atoms with E-state index < -0.39 is 6.10 Å². The predicted molar refractivity (Wildman–Crippen MR) is 138 cm³/mol. The Bertz CT molecular complexity index is 1110. The maximum Gasteiger partial charge on any atom is 0.263 e. The molecule has 2 unspecified atom stereocenters. The Kier molecular flexibility index (Phi) is 8.52. The molecule has 2 aromatic carbocycles. The smallest absolute Gasteiger partial charge is 0.263 e. The Hall–Kier alpha value is -3.81. The van der Waals surface area contributed by atoms with Crippen LogP contribution in [0.15, 0.2) is 54.0 Å². The number of nitrogens with one attached hydrogen (secondary N) is 1. The van der Waals surface area contributed by atoms with Crippen LogP contribution in [0.3, 0.4) is 0 Å². The lowest BCUT2D eigenvalue weighted by Crippen LogP contribution is -2.57. The fraction of sp³-hybridized carbons (Fsp3) is 0.370. The lowest BCUT2D eigenvalue weighted by Gasteiger charge is -2.42. The van der Waals surface area contributed by atoms with Gasteiger partial charge in [-0.25, -0.2) is 0 Å². The van der Waals surface area contributed by atoms with Gasteiger partial charge in [0.25, 0.3) is 11.8 Å². The van der Waals surface area contributed by atoms with Gasteiger partial charge in [-0.15, -0.1) is 0 Å². The number of amidine groups is 1. The quantitative estimate of drug-likeness (QED) is 0.489. The van der Waals surface area contributed by atoms with Gasteiger partial charge in [-0.1, -0.05) is 36.9 Å². The standard InChI is InChI=1S/C27H34N4O4/c1-7-20-10-8-9-11-22(20)25(28-4)30-14-15-31(18(2)17-30)27(33)19(3)35-23-13-12-21(26(32)29-5)16-24(23)34-6/h7-13,16,18-19H,1,14-15,17H2,2-6H3,(H,29,32). The van der Waals surface area contributed by atoms with E-state index in [9.17, 15) is 9.59 Å². The summed E-state index contributed by atoms with van der Waals surface area (Å²) >= 11 is 0. The molecule has 35 heavy (non-hydrogen) atoms. The van der Waals surface area contributed by atoms with Gasteiger partial charge in [0, 0.05) is 50.9 Å². The third-order valence-electron chi connectivity index (χ3n) is 6.15. The van der Waals surface area contributed by atoms with Crippen LogP contribution in [0.5, 0.6) is 11.5 Å². The number of benzene rings is 2. The van der Waals surface area contributed by atoms with E-state index in [4.69, 9.17) is 9.47 Å². The zero-order chi connectivity index (χ0) is 25.5. The molecule has 1 saturated heterocycles. The van der Waals surface area contributed by atoms with Crippen LogP contribution in [0.2, 0.25) is 0 Å². The molecule has 1 N–H and O–H groups in total. The van der Waals surface area contributed by atoms with E-state index in [2.05, 4.69) is 21.8 Å². The first kappa shape index (κ1) is 25.8. The van der Waals surface area contributed by atoms with Crippen molar-refractivity contribution < 1.29 is 19.1 Å². The molecule has 2 amide bonds. The summed E-state index contributed by atoms with van der Waals surface area (Å²) in [7, 11) is 4.85. The van der Waals surface area contributed by atoms with Crippen molar-refractivity contribution in [3.63, 3.8) is 0 Å². The first-order chi connectivity index (χ1) is 16.8. The number of carbonyl (C=O) groups excluding carboxylic acids is 2. The molecule has 1 fully saturated rings. The minimum Gasteiger partial charge on any atom is -0.493 e. The Labute approximate surface area is 207 Å². The van der Waals surface area contributed by atoms with E-state index in [-0.39, 0.29) is 17.9 Å². The first-order valence-corrected chi connectivity index (χ1v) is 11.6. The molecule has 1 aliphatic rings. The molecule has 2 aromatic rings. The summed E-state index contributed by atoms with van der Waals surface area (Å²) in [6.45, 7) is 9.54. The summed E-state index contributed by atoms with van der Waals surface area (Å²) in [6.07, 6.45) is 1.11. The summed E-state index contributed by atoms with van der Waals surface area (Å²) in [4.78, 5) is 33.8. The fourth-order valence-corrected chi connectivity index (χ4v) is 4.31. The number of hydrogen-bond acceptors (Lipinski definition) is 5. The third-order valence-corrected chi connectivity index (χ3v) is 6.15. The zero-order valence-corrected chi connectivity index (χ0v) is 21.1. The maximum absolute atomic E-state index is 13.3. The molecule has 0 bridgehead atoms. The van der Waals surface area contributed by atoms with Crippen molar-refractivity contribution in [2.24, 2.45) is 4.99 Å². The average Bonchev–Trinajstić information content (AvgIpc) is 2.88. The summed E-state index contributed by atoms with van der Waals surface area (Å²) in [5.74, 6) is 1.37. The van der Waals surface area contributed by atoms with Gasteiger partial charge in [-0.3, -0.25) is 14.6 Å². The van der Waals surface area contributed by atoms with Crippen molar-refractivity contribution in [3.05, 3.63) is 65.7 Å². The number of piperazine rings is 1. The molecule has 0 aromatic heterocycles. The number of hydrogen-bond donors (Lipinski definition) is 1. The highest BCUT2D eigenvalue weighted by molar-refractivity contribution is 6.02. The summed E-state index contributed by atoms with van der Waals surface area (Å²) in [5, 5.41) is 2.58. The summed E-state index contributed by atoms with van der Waals surface area (Å²) in [6, 6.07) is 12.9. The number of nitrogens with zero attached hydrogens (tertiary/aromatic N) is 3. The Morgan fingerprint density at radius 1 is 1.20 bits per heavy atom. The van der Waals surface area contributed by atoms with Crippen LogP contribution in [0, 0.1) is 0 Å². The molecule has 186 valence electrons. The van der Waals surface area contributed by atoms with Gasteiger partial charge >= 0.3 is 0 Å². The van der Waals surface area contributed by atoms with Crippen molar-refractivity contribution in [3.8, 4) is 11.5 Å². The van der Waals surface area contributed by atoms with E-state index in [1.54, 1.807) is 39.2 Å². The SMILES string of the molecule is C=Cc1ccccc1C(=NC)N1CCN(C(=O)C(C)Oc2ccc(C(=O)NC)cc2OC)C(C)C1. The van der Waals surface area contributed by atoms with Crippen LogP contribution in [0.1, 0.15) is 35.3 Å². The lowest BCUT2D eigenvalue weighted by atomic mass is 10.0. The van der Waals surface area contributed by atoms with Crippen molar-refractivity contribution in [2.75, 3.05) is 40.8 Å². The van der Waals surface area contributed by atoms with E-state index in [0.717, 1.165) is 17.0 Å². The summed E-state index contributed by atoms with van der Waals surface area (Å²) < 4.78 is 11.4. The van der Waals surface area contributed by atoms with Gasteiger partial charge in [0.15, 0.2) is 17.6 Å². The van der Waals surface area contributed by atoms with Gasteiger partial charge in [-0.05, 0) is 37.6 Å². The van der Waals surface area contributed by atoms with Crippen LogP contribution in [0.25, 0.3) is 6.08 Å². The largest absolute Gasteiger partial charge is 0.493 e. The van der Waals surface area contributed by atoms with E-state index >= 15 is 0 Å².